The smallest absolute Gasteiger partial charge is 0.328 e. The van der Waals surface area contributed by atoms with Gasteiger partial charge in [-0.3, -0.25) is 19.3 Å². The standard InChI is InChI=1S/C25H30N4O7S/c30-16-18(25(36)29-14-12-28(13-15-29)11-5-4-8-20(31)32)26-23(35)22-19(9-10-21(33)34)37-24(27-22)17-6-2-1-3-7-17/h1-3,6-7,9-10,18,30H,4-5,8,11-16H2,(H,26,35)(H,31,32)(H,33,34)/b10-9+/t18-/m0/s1. The van der Waals surface area contributed by atoms with Crippen molar-refractivity contribution in [3.05, 3.63) is 47.0 Å². The fourth-order valence-electron chi connectivity index (χ4n) is 3.89. The van der Waals surface area contributed by atoms with Crippen LogP contribution in [0.25, 0.3) is 16.6 Å². The molecular formula is C25H30N4O7S. The van der Waals surface area contributed by atoms with Crippen LogP contribution in [0.3, 0.4) is 0 Å². The summed E-state index contributed by atoms with van der Waals surface area (Å²) in [6.07, 6.45) is 3.68. The van der Waals surface area contributed by atoms with Gasteiger partial charge in [-0.15, -0.1) is 11.3 Å². The SMILES string of the molecule is O=C(O)/C=C/c1sc(-c2ccccc2)nc1C(=O)N[C@@H](CO)C(=O)N1CCN(CCCCC(=O)O)CC1. The normalized spacial score (nSPS) is 15.0. The first-order valence-corrected chi connectivity index (χ1v) is 12.7. The van der Waals surface area contributed by atoms with E-state index in [2.05, 4.69) is 15.2 Å². The van der Waals surface area contributed by atoms with Crippen LogP contribution in [-0.4, -0.2) is 99.2 Å². The van der Waals surface area contributed by atoms with Crippen molar-refractivity contribution in [3.8, 4) is 10.6 Å². The lowest BCUT2D eigenvalue weighted by Gasteiger charge is -2.36. The lowest BCUT2D eigenvalue weighted by molar-refractivity contribution is -0.137. The third-order valence-electron chi connectivity index (χ3n) is 5.85. The number of hydrogen-bond acceptors (Lipinski definition) is 8. The van der Waals surface area contributed by atoms with Crippen LogP contribution >= 0.6 is 11.3 Å². The molecule has 0 saturated carbocycles. The number of carboxylic acids is 2. The van der Waals surface area contributed by atoms with Crippen molar-refractivity contribution in [2.45, 2.75) is 25.3 Å². The number of aliphatic hydroxyl groups excluding tert-OH is 1. The van der Waals surface area contributed by atoms with E-state index in [4.69, 9.17) is 10.2 Å². The van der Waals surface area contributed by atoms with Crippen LogP contribution in [0.2, 0.25) is 0 Å². The maximum Gasteiger partial charge on any atom is 0.328 e. The fraction of sp³-hybridized carbons (Fsp3) is 0.400. The number of nitrogens with zero attached hydrogens (tertiary/aromatic N) is 3. The third-order valence-corrected chi connectivity index (χ3v) is 6.92. The van der Waals surface area contributed by atoms with Crippen molar-refractivity contribution in [2.24, 2.45) is 0 Å². The molecule has 2 amide bonds. The highest BCUT2D eigenvalue weighted by Crippen LogP contribution is 2.29. The van der Waals surface area contributed by atoms with Crippen LogP contribution in [0.15, 0.2) is 36.4 Å². The van der Waals surface area contributed by atoms with E-state index in [1.54, 1.807) is 4.90 Å². The Morgan fingerprint density at radius 2 is 1.76 bits per heavy atom. The molecule has 1 aliphatic heterocycles. The Bertz CT molecular complexity index is 1130. The van der Waals surface area contributed by atoms with Gasteiger partial charge in [0.05, 0.1) is 11.5 Å². The number of unbranched alkanes of at least 4 members (excludes halogenated alkanes) is 1. The van der Waals surface area contributed by atoms with E-state index in [0.717, 1.165) is 35.9 Å². The van der Waals surface area contributed by atoms with Crippen molar-refractivity contribution >= 4 is 41.2 Å². The van der Waals surface area contributed by atoms with Crippen LogP contribution in [0.5, 0.6) is 0 Å². The monoisotopic (exact) mass is 530 g/mol. The lowest BCUT2D eigenvalue weighted by atomic mass is 10.2. The fourth-order valence-corrected chi connectivity index (χ4v) is 4.86. The number of aliphatic hydroxyl groups is 1. The number of nitrogens with one attached hydrogen (secondary N) is 1. The zero-order valence-corrected chi connectivity index (χ0v) is 21.0. The maximum atomic E-state index is 13.1. The maximum absolute atomic E-state index is 13.1. The Morgan fingerprint density at radius 1 is 1.05 bits per heavy atom. The Morgan fingerprint density at radius 3 is 2.38 bits per heavy atom. The number of amides is 2. The average molecular weight is 531 g/mol. The molecule has 1 aliphatic rings. The van der Waals surface area contributed by atoms with Gasteiger partial charge in [0, 0.05) is 44.2 Å². The molecule has 198 valence electrons. The van der Waals surface area contributed by atoms with Crippen LogP contribution in [0, 0.1) is 0 Å². The molecule has 1 aromatic heterocycles. The van der Waals surface area contributed by atoms with Gasteiger partial charge >= 0.3 is 11.9 Å². The van der Waals surface area contributed by atoms with Gasteiger partial charge in [-0.05, 0) is 25.5 Å². The zero-order valence-electron chi connectivity index (χ0n) is 20.2. The molecule has 0 bridgehead atoms. The number of hydrogen-bond donors (Lipinski definition) is 4. The predicted molar refractivity (Wildman–Crippen MR) is 137 cm³/mol. The second-order valence-electron chi connectivity index (χ2n) is 8.50. The summed E-state index contributed by atoms with van der Waals surface area (Å²) >= 11 is 1.15. The molecule has 11 nitrogen and oxygen atoms in total. The van der Waals surface area contributed by atoms with Gasteiger partial charge in [0.15, 0.2) is 0 Å². The Kier molecular flexibility index (Phi) is 10.3. The van der Waals surface area contributed by atoms with Crippen molar-refractivity contribution < 1.29 is 34.5 Å². The Labute approximate surface area is 218 Å². The van der Waals surface area contributed by atoms with Gasteiger partial charge in [-0.1, -0.05) is 30.3 Å². The number of piperazine rings is 1. The van der Waals surface area contributed by atoms with Crippen molar-refractivity contribution in [2.75, 3.05) is 39.3 Å². The second-order valence-corrected chi connectivity index (χ2v) is 9.53. The molecule has 0 radical (unpaired) electrons. The molecule has 0 aliphatic carbocycles. The molecule has 2 aromatic rings. The number of benzene rings is 1. The van der Waals surface area contributed by atoms with E-state index in [-0.39, 0.29) is 12.1 Å². The molecule has 3 rings (SSSR count). The number of carboxylic acid groups (broad SMARTS) is 2. The van der Waals surface area contributed by atoms with Crippen molar-refractivity contribution in [3.63, 3.8) is 0 Å². The van der Waals surface area contributed by atoms with E-state index in [0.29, 0.717) is 42.5 Å². The number of carbonyl (C=O) groups excluding carboxylic acids is 2. The number of carbonyl (C=O) groups is 4. The largest absolute Gasteiger partial charge is 0.481 e. The molecule has 1 fully saturated rings. The first-order valence-electron chi connectivity index (χ1n) is 11.9. The number of aliphatic carboxylic acids is 2. The second kappa shape index (κ2) is 13.6. The molecule has 12 heteroatoms. The summed E-state index contributed by atoms with van der Waals surface area (Å²) in [5, 5.41) is 30.7. The summed E-state index contributed by atoms with van der Waals surface area (Å²) in [5.41, 5.74) is 0.728. The van der Waals surface area contributed by atoms with Gasteiger partial charge in [0.2, 0.25) is 5.91 Å². The quantitative estimate of drug-likeness (QED) is 0.235. The first kappa shape index (κ1) is 28.0. The number of aromatic nitrogens is 1. The highest BCUT2D eigenvalue weighted by atomic mass is 32.1. The first-order chi connectivity index (χ1) is 17.8. The molecule has 1 atom stereocenters. The third kappa shape index (κ3) is 8.20. The Hall–Kier alpha value is -3.61. The van der Waals surface area contributed by atoms with Gasteiger partial charge in [-0.2, -0.15) is 0 Å². The summed E-state index contributed by atoms with van der Waals surface area (Å²) < 4.78 is 0. The molecule has 1 aromatic carbocycles. The van der Waals surface area contributed by atoms with Gasteiger partial charge in [0.1, 0.15) is 16.7 Å². The average Bonchev–Trinajstić information content (AvgIpc) is 3.33. The van der Waals surface area contributed by atoms with Gasteiger partial charge < -0.3 is 25.5 Å². The molecule has 0 spiro atoms. The topological polar surface area (TPSA) is 160 Å². The van der Waals surface area contributed by atoms with Gasteiger partial charge in [-0.25, -0.2) is 9.78 Å². The van der Waals surface area contributed by atoms with Crippen LogP contribution in [-0.2, 0) is 14.4 Å². The molecule has 37 heavy (non-hydrogen) atoms. The number of thiazole rings is 1. The molecule has 4 N–H and O–H groups in total. The summed E-state index contributed by atoms with van der Waals surface area (Å²) in [7, 11) is 0. The molecule has 2 heterocycles. The summed E-state index contributed by atoms with van der Waals surface area (Å²) in [4.78, 5) is 56.2. The number of rotatable bonds is 12. The van der Waals surface area contributed by atoms with Crippen molar-refractivity contribution in [1.82, 2.24) is 20.1 Å². The minimum Gasteiger partial charge on any atom is -0.481 e. The molecular weight excluding hydrogens is 500 g/mol. The van der Waals surface area contributed by atoms with Crippen LogP contribution < -0.4 is 5.32 Å². The highest BCUT2D eigenvalue weighted by molar-refractivity contribution is 7.16. The summed E-state index contributed by atoms with van der Waals surface area (Å²) in [6, 6.07) is 7.94. The molecule has 0 unspecified atom stereocenters. The summed E-state index contributed by atoms with van der Waals surface area (Å²) in [5.74, 6) is -3.09. The Balaban J connectivity index is 1.64. The van der Waals surface area contributed by atoms with E-state index in [9.17, 15) is 24.3 Å². The lowest BCUT2D eigenvalue weighted by Crippen LogP contribution is -2.56. The minimum atomic E-state index is -1.18. The predicted octanol–water partition coefficient (Wildman–Crippen LogP) is 1.40. The minimum absolute atomic E-state index is 0.0289. The van der Waals surface area contributed by atoms with Crippen molar-refractivity contribution in [1.29, 1.82) is 0 Å². The highest BCUT2D eigenvalue weighted by Gasteiger charge is 2.30. The van der Waals surface area contributed by atoms with E-state index < -0.39 is 36.4 Å². The van der Waals surface area contributed by atoms with Crippen LogP contribution in [0.4, 0.5) is 0 Å². The van der Waals surface area contributed by atoms with E-state index >= 15 is 0 Å². The summed E-state index contributed by atoms with van der Waals surface area (Å²) in [6.45, 7) is 2.21. The van der Waals surface area contributed by atoms with E-state index in [1.165, 1.54) is 6.08 Å². The van der Waals surface area contributed by atoms with Gasteiger partial charge in [0.25, 0.3) is 5.91 Å². The van der Waals surface area contributed by atoms with Crippen LogP contribution in [0.1, 0.15) is 34.6 Å². The zero-order chi connectivity index (χ0) is 26.8. The van der Waals surface area contributed by atoms with E-state index in [1.807, 2.05) is 30.3 Å². The molecule has 1 saturated heterocycles.